The second kappa shape index (κ2) is 4.12. The van der Waals surface area contributed by atoms with Crippen molar-refractivity contribution in [3.05, 3.63) is 0 Å². The van der Waals surface area contributed by atoms with E-state index in [-0.39, 0.29) is 5.91 Å². The summed E-state index contributed by atoms with van der Waals surface area (Å²) in [5.41, 5.74) is 0. The Labute approximate surface area is 63.2 Å². The van der Waals surface area contributed by atoms with E-state index in [4.69, 9.17) is 0 Å². The molecule has 0 spiro atoms. The van der Waals surface area contributed by atoms with Crippen LogP contribution >= 0.6 is 22.6 Å². The normalized spacial score (nSPS) is 12.9. The van der Waals surface area contributed by atoms with Crippen molar-refractivity contribution in [1.29, 1.82) is 0 Å². The van der Waals surface area contributed by atoms with Crippen LogP contribution < -0.4 is 5.32 Å². The molecule has 2 nitrogen and oxygen atoms in total. The molecule has 0 saturated carbocycles. The zero-order valence-corrected chi connectivity index (χ0v) is 7.23. The Morgan fingerprint density at radius 1 is 1.88 bits per heavy atom. The van der Waals surface area contributed by atoms with Gasteiger partial charge in [-0.25, -0.2) is 0 Å². The molecule has 0 bridgehead atoms. The van der Waals surface area contributed by atoms with Crippen LogP contribution in [-0.2, 0) is 4.79 Å². The van der Waals surface area contributed by atoms with Gasteiger partial charge in [0.25, 0.3) is 0 Å². The molecule has 1 N–H and O–H groups in total. The maximum absolute atomic E-state index is 10.3. The minimum Gasteiger partial charge on any atom is -0.353 e. The Kier molecular flexibility index (Phi) is 4.22. The average Bonchev–Trinajstić information content (AvgIpc) is 1.65. The third-order valence-electron chi connectivity index (χ3n) is 0.681. The van der Waals surface area contributed by atoms with Crippen LogP contribution in [0.5, 0.6) is 0 Å². The van der Waals surface area contributed by atoms with Crippen LogP contribution in [0, 0.1) is 0 Å². The second-order valence-electron chi connectivity index (χ2n) is 1.76. The molecule has 0 unspecified atom stereocenters. The lowest BCUT2D eigenvalue weighted by atomic mass is 10.4. The topological polar surface area (TPSA) is 29.1 Å². The van der Waals surface area contributed by atoms with E-state index in [0.29, 0.717) is 6.04 Å². The summed E-state index contributed by atoms with van der Waals surface area (Å²) in [4.78, 5) is 10.3. The van der Waals surface area contributed by atoms with Gasteiger partial charge in [-0.15, -0.1) is 0 Å². The standard InChI is InChI=1S/C5H10INO/c1-4(3-6)7-5(2)8/h4H,3H2,1-2H3,(H,7,8)/t4-/m0/s1. The Morgan fingerprint density at radius 2 is 2.38 bits per heavy atom. The molecule has 0 saturated heterocycles. The van der Waals surface area contributed by atoms with Gasteiger partial charge in [0, 0.05) is 17.4 Å². The molecule has 0 fully saturated rings. The number of rotatable bonds is 2. The molecule has 3 heteroatoms. The lowest BCUT2D eigenvalue weighted by Gasteiger charge is -2.06. The predicted molar refractivity (Wildman–Crippen MR) is 42.2 cm³/mol. The van der Waals surface area contributed by atoms with Crippen LogP contribution in [0.4, 0.5) is 0 Å². The van der Waals surface area contributed by atoms with Gasteiger partial charge in [0.2, 0.25) is 5.91 Å². The van der Waals surface area contributed by atoms with Crippen molar-refractivity contribution in [1.82, 2.24) is 5.32 Å². The van der Waals surface area contributed by atoms with Crippen molar-refractivity contribution in [2.24, 2.45) is 0 Å². The molecule has 48 valence electrons. The fraction of sp³-hybridized carbons (Fsp3) is 0.800. The molecule has 0 aromatic heterocycles. The summed E-state index contributed by atoms with van der Waals surface area (Å²) in [5.74, 6) is 0.0502. The van der Waals surface area contributed by atoms with Gasteiger partial charge in [0.15, 0.2) is 0 Å². The number of alkyl halides is 1. The van der Waals surface area contributed by atoms with Gasteiger partial charge in [0.1, 0.15) is 0 Å². The van der Waals surface area contributed by atoms with E-state index < -0.39 is 0 Å². The van der Waals surface area contributed by atoms with Crippen LogP contribution in [0.1, 0.15) is 13.8 Å². The van der Waals surface area contributed by atoms with Crippen molar-refractivity contribution in [3.63, 3.8) is 0 Å². The van der Waals surface area contributed by atoms with E-state index in [2.05, 4.69) is 27.9 Å². The smallest absolute Gasteiger partial charge is 0.217 e. The number of hydrogen-bond acceptors (Lipinski definition) is 1. The fourth-order valence-corrected chi connectivity index (χ4v) is 0.606. The molecule has 0 aromatic rings. The first-order chi connectivity index (χ1) is 3.66. The quantitative estimate of drug-likeness (QED) is 0.552. The van der Waals surface area contributed by atoms with Crippen molar-refractivity contribution in [2.45, 2.75) is 19.9 Å². The number of carbonyl (C=O) groups excluding carboxylic acids is 1. The Morgan fingerprint density at radius 3 is 2.50 bits per heavy atom. The molecule has 0 rings (SSSR count). The van der Waals surface area contributed by atoms with E-state index in [1.807, 2.05) is 6.92 Å². The van der Waals surface area contributed by atoms with Gasteiger partial charge in [-0.05, 0) is 6.92 Å². The SMILES string of the molecule is CC(=O)N[C@@H](C)CI. The van der Waals surface area contributed by atoms with Gasteiger partial charge in [0.05, 0.1) is 0 Å². The maximum atomic E-state index is 10.3. The zero-order chi connectivity index (χ0) is 6.57. The molecule has 0 aliphatic carbocycles. The summed E-state index contributed by atoms with van der Waals surface area (Å²) in [6.07, 6.45) is 0. The Balaban J connectivity index is 3.24. The van der Waals surface area contributed by atoms with Crippen LogP contribution in [0.25, 0.3) is 0 Å². The van der Waals surface area contributed by atoms with E-state index >= 15 is 0 Å². The third kappa shape index (κ3) is 4.36. The highest BCUT2D eigenvalue weighted by Gasteiger charge is 1.97. The molecular weight excluding hydrogens is 217 g/mol. The lowest BCUT2D eigenvalue weighted by Crippen LogP contribution is -2.31. The van der Waals surface area contributed by atoms with Crippen molar-refractivity contribution in [2.75, 3.05) is 4.43 Å². The van der Waals surface area contributed by atoms with Crippen molar-refractivity contribution >= 4 is 28.5 Å². The summed E-state index contributed by atoms with van der Waals surface area (Å²) in [6.45, 7) is 3.51. The molecule has 0 heterocycles. The summed E-state index contributed by atoms with van der Waals surface area (Å²) in [7, 11) is 0. The van der Waals surface area contributed by atoms with Crippen molar-refractivity contribution in [3.8, 4) is 0 Å². The first-order valence-electron chi connectivity index (χ1n) is 2.50. The average molecular weight is 227 g/mol. The van der Waals surface area contributed by atoms with Crippen LogP contribution in [-0.4, -0.2) is 16.4 Å². The lowest BCUT2D eigenvalue weighted by molar-refractivity contribution is -0.119. The first kappa shape index (κ1) is 8.20. The fourth-order valence-electron chi connectivity index (χ4n) is 0.386. The summed E-state index contributed by atoms with van der Waals surface area (Å²) < 4.78 is 0.970. The number of hydrogen-bond donors (Lipinski definition) is 1. The summed E-state index contributed by atoms with van der Waals surface area (Å²) in [6, 6.07) is 0.313. The van der Waals surface area contributed by atoms with E-state index in [1.54, 1.807) is 0 Å². The molecule has 8 heavy (non-hydrogen) atoms. The van der Waals surface area contributed by atoms with E-state index in [0.717, 1.165) is 4.43 Å². The van der Waals surface area contributed by atoms with Crippen LogP contribution in [0.3, 0.4) is 0 Å². The molecule has 0 radical (unpaired) electrons. The minimum absolute atomic E-state index is 0.0502. The number of carbonyl (C=O) groups is 1. The number of nitrogens with one attached hydrogen (secondary N) is 1. The number of halogens is 1. The van der Waals surface area contributed by atoms with Crippen LogP contribution in [0.15, 0.2) is 0 Å². The first-order valence-corrected chi connectivity index (χ1v) is 4.02. The largest absolute Gasteiger partial charge is 0.353 e. The number of amides is 1. The molecule has 0 aliphatic rings. The second-order valence-corrected chi connectivity index (χ2v) is 2.64. The molecule has 0 aliphatic heterocycles. The molecular formula is C5H10INO. The summed E-state index contributed by atoms with van der Waals surface area (Å²) >= 11 is 2.23. The molecule has 0 aromatic carbocycles. The van der Waals surface area contributed by atoms with Crippen molar-refractivity contribution < 1.29 is 4.79 Å². The third-order valence-corrected chi connectivity index (χ3v) is 2.00. The van der Waals surface area contributed by atoms with Gasteiger partial charge >= 0.3 is 0 Å². The molecule has 1 amide bonds. The monoisotopic (exact) mass is 227 g/mol. The summed E-state index contributed by atoms with van der Waals surface area (Å²) in [5, 5.41) is 2.75. The van der Waals surface area contributed by atoms with Crippen LogP contribution in [0.2, 0.25) is 0 Å². The van der Waals surface area contributed by atoms with Gasteiger partial charge in [-0.3, -0.25) is 4.79 Å². The minimum atomic E-state index is 0.0502. The predicted octanol–water partition coefficient (Wildman–Crippen LogP) is 0.946. The zero-order valence-electron chi connectivity index (χ0n) is 5.07. The van der Waals surface area contributed by atoms with E-state index in [9.17, 15) is 4.79 Å². The van der Waals surface area contributed by atoms with Gasteiger partial charge in [-0.1, -0.05) is 22.6 Å². The highest BCUT2D eigenvalue weighted by atomic mass is 127. The van der Waals surface area contributed by atoms with Gasteiger partial charge in [-0.2, -0.15) is 0 Å². The van der Waals surface area contributed by atoms with Gasteiger partial charge < -0.3 is 5.32 Å². The highest BCUT2D eigenvalue weighted by Crippen LogP contribution is 1.87. The Hall–Kier alpha value is 0.200. The van der Waals surface area contributed by atoms with E-state index in [1.165, 1.54) is 6.92 Å². The maximum Gasteiger partial charge on any atom is 0.217 e. The highest BCUT2D eigenvalue weighted by molar-refractivity contribution is 14.1. The Bertz CT molecular complexity index is 84.5. The molecule has 1 atom stereocenters.